The highest BCUT2D eigenvalue weighted by atomic mass is 35.5. The van der Waals surface area contributed by atoms with Crippen LogP contribution >= 0.6 is 11.6 Å². The van der Waals surface area contributed by atoms with E-state index in [0.29, 0.717) is 16.7 Å². The summed E-state index contributed by atoms with van der Waals surface area (Å²) in [5, 5.41) is 2.87. The number of ether oxygens (including phenoxy) is 2. The first-order valence-electron chi connectivity index (χ1n) is 4.99. The van der Waals surface area contributed by atoms with Crippen molar-refractivity contribution in [3.63, 3.8) is 0 Å². The van der Waals surface area contributed by atoms with Crippen molar-refractivity contribution in [2.45, 2.75) is 26.4 Å². The lowest BCUT2D eigenvalue weighted by Gasteiger charge is -2.23. The van der Waals surface area contributed by atoms with E-state index in [1.807, 2.05) is 0 Å². The zero-order valence-corrected chi connectivity index (χ0v) is 10.9. The number of hydrogen-bond acceptors (Lipinski definition) is 5. The van der Waals surface area contributed by atoms with Crippen LogP contribution in [0, 0.1) is 0 Å². The van der Waals surface area contributed by atoms with E-state index >= 15 is 0 Å². The van der Waals surface area contributed by atoms with Crippen molar-refractivity contribution in [3.05, 3.63) is 22.8 Å². The highest BCUT2D eigenvalue weighted by Gasteiger charge is 2.19. The second-order valence-electron chi connectivity index (χ2n) is 4.32. The van der Waals surface area contributed by atoms with Crippen LogP contribution < -0.4 is 16.2 Å². The number of rotatable bonds is 2. The predicted molar refractivity (Wildman–Crippen MR) is 63.6 cm³/mol. The van der Waals surface area contributed by atoms with Crippen LogP contribution in [0.3, 0.4) is 0 Å². The SMILES string of the molecule is COC1=C(NC(=O)OC(C)(C)C)C=C(Cl)NN1. The molecule has 0 aliphatic carbocycles. The van der Waals surface area contributed by atoms with Crippen LogP contribution in [0.2, 0.25) is 0 Å². The van der Waals surface area contributed by atoms with E-state index < -0.39 is 11.7 Å². The summed E-state index contributed by atoms with van der Waals surface area (Å²) in [5.74, 6) is 0.347. The highest BCUT2D eigenvalue weighted by molar-refractivity contribution is 6.29. The zero-order valence-electron chi connectivity index (χ0n) is 10.2. The lowest BCUT2D eigenvalue weighted by Crippen LogP contribution is -2.39. The number of hydrogen-bond donors (Lipinski definition) is 3. The van der Waals surface area contributed by atoms with Gasteiger partial charge in [-0.1, -0.05) is 11.6 Å². The summed E-state index contributed by atoms with van der Waals surface area (Å²) in [6.07, 6.45) is 0.937. The molecule has 96 valence electrons. The maximum atomic E-state index is 11.6. The molecule has 0 spiro atoms. The summed E-state index contributed by atoms with van der Waals surface area (Å²) >= 11 is 5.76. The van der Waals surface area contributed by atoms with Gasteiger partial charge < -0.3 is 9.47 Å². The van der Waals surface area contributed by atoms with Crippen molar-refractivity contribution in [2.24, 2.45) is 0 Å². The molecule has 0 fully saturated rings. The molecule has 0 saturated heterocycles. The minimum atomic E-state index is -0.577. The second-order valence-corrected chi connectivity index (χ2v) is 4.72. The Balaban J connectivity index is 2.72. The van der Waals surface area contributed by atoms with Gasteiger partial charge in [0.05, 0.1) is 7.11 Å². The van der Waals surface area contributed by atoms with Crippen molar-refractivity contribution in [1.82, 2.24) is 16.2 Å². The first-order chi connectivity index (χ1) is 7.81. The Morgan fingerprint density at radius 1 is 1.41 bits per heavy atom. The molecule has 0 aromatic rings. The smallest absolute Gasteiger partial charge is 0.412 e. The standard InChI is InChI=1S/C10H16ClN3O3/c1-10(2,3)17-9(15)12-6-5-7(11)13-14-8(6)16-4/h5,13-14H,1-4H3,(H,12,15). The third-order valence-corrected chi connectivity index (χ3v) is 1.85. The van der Waals surface area contributed by atoms with Crippen LogP contribution in [0.5, 0.6) is 0 Å². The molecule has 1 amide bonds. The van der Waals surface area contributed by atoms with Crippen molar-refractivity contribution in [1.29, 1.82) is 0 Å². The van der Waals surface area contributed by atoms with E-state index in [0.717, 1.165) is 0 Å². The van der Waals surface area contributed by atoms with E-state index in [2.05, 4.69) is 16.2 Å². The second kappa shape index (κ2) is 5.18. The van der Waals surface area contributed by atoms with Gasteiger partial charge in [-0.2, -0.15) is 0 Å². The summed E-state index contributed by atoms with van der Waals surface area (Å²) in [6.45, 7) is 5.34. The molecule has 1 heterocycles. The van der Waals surface area contributed by atoms with E-state index in [9.17, 15) is 4.79 Å². The van der Waals surface area contributed by atoms with E-state index in [-0.39, 0.29) is 0 Å². The molecular weight excluding hydrogens is 246 g/mol. The van der Waals surface area contributed by atoms with Gasteiger partial charge in [0.1, 0.15) is 16.5 Å². The lowest BCUT2D eigenvalue weighted by molar-refractivity contribution is 0.0543. The van der Waals surface area contributed by atoms with Gasteiger partial charge in [0.15, 0.2) is 0 Å². The minimum absolute atomic E-state index is 0.330. The first kappa shape index (κ1) is 13.5. The average molecular weight is 262 g/mol. The van der Waals surface area contributed by atoms with Gasteiger partial charge in [-0.05, 0) is 20.8 Å². The number of carbonyl (C=O) groups is 1. The Morgan fingerprint density at radius 3 is 2.59 bits per heavy atom. The molecule has 0 unspecified atom stereocenters. The summed E-state index contributed by atoms with van der Waals surface area (Å²) in [7, 11) is 1.47. The van der Waals surface area contributed by atoms with Crippen LogP contribution in [0.15, 0.2) is 22.8 Å². The number of alkyl carbamates (subject to hydrolysis) is 1. The maximum Gasteiger partial charge on any atom is 0.412 e. The Hall–Kier alpha value is -1.56. The summed E-state index contributed by atoms with van der Waals surface area (Å²) < 4.78 is 10.1. The lowest BCUT2D eigenvalue weighted by atomic mass is 10.2. The minimum Gasteiger partial charge on any atom is -0.480 e. The largest absolute Gasteiger partial charge is 0.480 e. The van der Waals surface area contributed by atoms with Gasteiger partial charge >= 0.3 is 6.09 Å². The number of hydrazine groups is 1. The molecule has 0 radical (unpaired) electrons. The quantitative estimate of drug-likeness (QED) is 0.658. The van der Waals surface area contributed by atoms with Crippen LogP contribution in [0.25, 0.3) is 0 Å². The topological polar surface area (TPSA) is 71.6 Å². The monoisotopic (exact) mass is 261 g/mol. The van der Waals surface area contributed by atoms with Crippen LogP contribution in [-0.4, -0.2) is 18.8 Å². The highest BCUT2D eigenvalue weighted by Crippen LogP contribution is 2.12. The number of methoxy groups -OCH3 is 1. The predicted octanol–water partition coefficient (Wildman–Crippen LogP) is 1.51. The van der Waals surface area contributed by atoms with E-state index in [1.54, 1.807) is 20.8 Å². The fourth-order valence-corrected chi connectivity index (χ4v) is 1.24. The van der Waals surface area contributed by atoms with E-state index in [4.69, 9.17) is 21.1 Å². The molecule has 1 rings (SSSR count). The third-order valence-electron chi connectivity index (χ3n) is 1.65. The molecule has 0 bridgehead atoms. The van der Waals surface area contributed by atoms with Gasteiger partial charge in [0.2, 0.25) is 5.88 Å². The molecule has 0 saturated carbocycles. The molecule has 1 aliphatic rings. The van der Waals surface area contributed by atoms with E-state index in [1.165, 1.54) is 13.2 Å². The number of nitrogens with one attached hydrogen (secondary N) is 3. The number of allylic oxidation sites excluding steroid dienone is 1. The van der Waals surface area contributed by atoms with Crippen molar-refractivity contribution < 1.29 is 14.3 Å². The average Bonchev–Trinajstić information content (AvgIpc) is 2.14. The zero-order chi connectivity index (χ0) is 13.1. The Morgan fingerprint density at radius 2 is 2.06 bits per heavy atom. The van der Waals surface area contributed by atoms with Gasteiger partial charge in [0.25, 0.3) is 0 Å². The molecule has 0 atom stereocenters. The molecular formula is C10H16ClN3O3. The third kappa shape index (κ3) is 4.44. The van der Waals surface area contributed by atoms with Crippen molar-refractivity contribution >= 4 is 17.7 Å². The number of amides is 1. The first-order valence-corrected chi connectivity index (χ1v) is 5.37. The van der Waals surface area contributed by atoms with Gasteiger partial charge in [-0.3, -0.25) is 16.2 Å². The number of halogens is 1. The summed E-state index contributed by atoms with van der Waals surface area (Å²) in [5.41, 5.74) is 5.14. The molecule has 3 N–H and O–H groups in total. The van der Waals surface area contributed by atoms with Gasteiger partial charge in [0, 0.05) is 6.08 Å². The molecule has 1 aliphatic heterocycles. The fourth-order valence-electron chi connectivity index (χ4n) is 1.08. The molecule has 0 aromatic carbocycles. The Kier molecular flexibility index (Phi) is 4.11. The summed E-state index contributed by atoms with van der Waals surface area (Å²) in [4.78, 5) is 11.6. The Labute approximate surface area is 105 Å². The number of carbonyl (C=O) groups excluding carboxylic acids is 1. The normalized spacial score (nSPS) is 15.5. The van der Waals surface area contributed by atoms with Crippen molar-refractivity contribution in [3.8, 4) is 0 Å². The van der Waals surface area contributed by atoms with Crippen LogP contribution in [0.4, 0.5) is 4.79 Å². The van der Waals surface area contributed by atoms with Gasteiger partial charge in [-0.15, -0.1) is 0 Å². The van der Waals surface area contributed by atoms with Crippen molar-refractivity contribution in [2.75, 3.05) is 7.11 Å². The van der Waals surface area contributed by atoms with Crippen LogP contribution in [-0.2, 0) is 9.47 Å². The molecule has 6 nitrogen and oxygen atoms in total. The molecule has 0 aromatic heterocycles. The fraction of sp³-hybridized carbons (Fsp3) is 0.500. The Bertz CT molecular complexity index is 371. The maximum absolute atomic E-state index is 11.6. The molecule has 7 heteroatoms. The molecule has 17 heavy (non-hydrogen) atoms. The van der Waals surface area contributed by atoms with Gasteiger partial charge in [-0.25, -0.2) is 4.79 Å². The van der Waals surface area contributed by atoms with Crippen LogP contribution in [0.1, 0.15) is 20.8 Å². The summed E-state index contributed by atoms with van der Waals surface area (Å²) in [6, 6.07) is 0.